The Labute approximate surface area is 98.9 Å². The van der Waals surface area contributed by atoms with Crippen molar-refractivity contribution in [3.63, 3.8) is 0 Å². The van der Waals surface area contributed by atoms with Crippen LogP contribution in [0, 0.1) is 3.57 Å². The van der Waals surface area contributed by atoms with Crippen LogP contribution in [0.3, 0.4) is 0 Å². The molecule has 1 aromatic rings. The molecule has 0 heterocycles. The minimum Gasteiger partial charge on any atom is -0.377 e. The molecule has 70 valence electrons. The molecule has 0 fully saturated rings. The van der Waals surface area contributed by atoms with E-state index in [9.17, 15) is 4.79 Å². The average molecular weight is 355 g/mol. The number of methoxy groups -OCH3 is 1. The van der Waals surface area contributed by atoms with Crippen LogP contribution >= 0.6 is 38.5 Å². The van der Waals surface area contributed by atoms with Gasteiger partial charge in [-0.3, -0.25) is 4.79 Å². The highest BCUT2D eigenvalue weighted by atomic mass is 127. The number of ether oxygens (including phenoxy) is 1. The summed E-state index contributed by atoms with van der Waals surface area (Å²) in [5.41, 5.74) is 0.675. The van der Waals surface area contributed by atoms with Crippen molar-refractivity contribution in [2.24, 2.45) is 0 Å². The van der Waals surface area contributed by atoms with Gasteiger partial charge in [0.25, 0.3) is 0 Å². The molecule has 0 saturated heterocycles. The molecule has 0 amide bonds. The predicted molar refractivity (Wildman–Crippen MR) is 63.1 cm³/mol. The normalized spacial score (nSPS) is 10.1. The second kappa shape index (κ2) is 5.07. The number of hydrogen-bond donors (Lipinski definition) is 0. The molecule has 0 unspecified atom stereocenters. The van der Waals surface area contributed by atoms with Crippen LogP contribution in [0.2, 0.25) is 0 Å². The molecule has 0 atom stereocenters. The van der Waals surface area contributed by atoms with Crippen molar-refractivity contribution in [3.8, 4) is 0 Å². The van der Waals surface area contributed by atoms with Gasteiger partial charge in [0.05, 0.1) is 0 Å². The van der Waals surface area contributed by atoms with Crippen LogP contribution in [0.5, 0.6) is 0 Å². The first kappa shape index (κ1) is 11.1. The van der Waals surface area contributed by atoms with E-state index < -0.39 is 0 Å². The summed E-state index contributed by atoms with van der Waals surface area (Å²) in [5, 5.41) is 0. The van der Waals surface area contributed by atoms with Crippen LogP contribution in [0.25, 0.3) is 0 Å². The quantitative estimate of drug-likeness (QED) is 0.616. The number of ketones is 1. The van der Waals surface area contributed by atoms with Crippen molar-refractivity contribution in [2.75, 3.05) is 13.7 Å². The molecule has 0 aromatic heterocycles. The molecule has 0 saturated carbocycles. The fourth-order valence-corrected chi connectivity index (χ4v) is 1.88. The summed E-state index contributed by atoms with van der Waals surface area (Å²) in [5.74, 6) is -0.00658. The van der Waals surface area contributed by atoms with E-state index >= 15 is 0 Å². The number of carbonyl (C=O) groups excluding carboxylic acids is 1. The van der Waals surface area contributed by atoms with Gasteiger partial charge >= 0.3 is 0 Å². The number of Topliss-reactive ketones (excluding diaryl/α,β-unsaturated/α-hetero) is 1. The van der Waals surface area contributed by atoms with Gasteiger partial charge in [0.1, 0.15) is 6.61 Å². The number of halogens is 2. The molecule has 0 aliphatic carbocycles. The summed E-state index contributed by atoms with van der Waals surface area (Å²) in [7, 11) is 1.51. The van der Waals surface area contributed by atoms with E-state index in [1.54, 1.807) is 0 Å². The summed E-state index contributed by atoms with van der Waals surface area (Å²) < 4.78 is 6.64. The second-order valence-electron chi connectivity index (χ2n) is 2.48. The van der Waals surface area contributed by atoms with E-state index in [0.717, 1.165) is 8.04 Å². The van der Waals surface area contributed by atoms with E-state index in [4.69, 9.17) is 4.74 Å². The number of hydrogen-bond acceptors (Lipinski definition) is 2. The first-order valence-corrected chi connectivity index (χ1v) is 5.49. The monoisotopic (exact) mass is 354 g/mol. The molecule has 1 rings (SSSR count). The van der Waals surface area contributed by atoms with Crippen molar-refractivity contribution in [2.45, 2.75) is 0 Å². The Morgan fingerprint density at radius 3 is 2.92 bits per heavy atom. The van der Waals surface area contributed by atoms with Crippen molar-refractivity contribution in [1.29, 1.82) is 0 Å². The Bertz CT molecular complexity index is 325. The zero-order valence-electron chi connectivity index (χ0n) is 7.01. The van der Waals surface area contributed by atoms with Crippen LogP contribution in [0.1, 0.15) is 10.4 Å². The zero-order chi connectivity index (χ0) is 9.84. The number of benzene rings is 1. The van der Waals surface area contributed by atoms with Gasteiger partial charge in [0.2, 0.25) is 0 Å². The smallest absolute Gasteiger partial charge is 0.189 e. The second-order valence-corrected chi connectivity index (χ2v) is 4.58. The highest BCUT2D eigenvalue weighted by Crippen LogP contribution is 2.19. The third-order valence-corrected chi connectivity index (χ3v) is 2.87. The maximum atomic E-state index is 11.5. The molecule has 13 heavy (non-hydrogen) atoms. The average Bonchev–Trinajstić information content (AvgIpc) is 2.09. The molecule has 1 aromatic carbocycles. The van der Waals surface area contributed by atoms with Crippen molar-refractivity contribution >= 4 is 44.3 Å². The van der Waals surface area contributed by atoms with Gasteiger partial charge in [-0.05, 0) is 40.8 Å². The Hall–Kier alpha value is 0.0600. The van der Waals surface area contributed by atoms with E-state index in [1.807, 2.05) is 18.2 Å². The third kappa shape index (κ3) is 3.03. The highest BCUT2D eigenvalue weighted by molar-refractivity contribution is 14.1. The first-order valence-electron chi connectivity index (χ1n) is 3.62. The van der Waals surface area contributed by atoms with Gasteiger partial charge in [0, 0.05) is 20.7 Å². The van der Waals surface area contributed by atoms with Gasteiger partial charge in [-0.1, -0.05) is 15.9 Å². The van der Waals surface area contributed by atoms with Crippen LogP contribution in [-0.4, -0.2) is 19.5 Å². The van der Waals surface area contributed by atoms with Crippen molar-refractivity contribution < 1.29 is 9.53 Å². The molecule has 2 nitrogen and oxygen atoms in total. The Morgan fingerprint density at radius 1 is 1.62 bits per heavy atom. The van der Waals surface area contributed by atoms with E-state index in [0.29, 0.717) is 5.56 Å². The first-order chi connectivity index (χ1) is 6.15. The van der Waals surface area contributed by atoms with Gasteiger partial charge in [-0.2, -0.15) is 0 Å². The lowest BCUT2D eigenvalue weighted by molar-refractivity contribution is 0.0847. The predicted octanol–water partition coefficient (Wildman–Crippen LogP) is 2.88. The van der Waals surface area contributed by atoms with E-state index in [1.165, 1.54) is 7.11 Å². The van der Waals surface area contributed by atoms with Crippen LogP contribution in [0.15, 0.2) is 22.7 Å². The topological polar surface area (TPSA) is 26.3 Å². The van der Waals surface area contributed by atoms with Crippen molar-refractivity contribution in [1.82, 2.24) is 0 Å². The van der Waals surface area contributed by atoms with Crippen LogP contribution in [-0.2, 0) is 4.74 Å². The number of rotatable bonds is 3. The summed E-state index contributed by atoms with van der Waals surface area (Å²) in [6, 6.07) is 5.64. The van der Waals surface area contributed by atoms with Gasteiger partial charge in [-0.25, -0.2) is 0 Å². The minimum absolute atomic E-state index is 0.00658. The number of carbonyl (C=O) groups is 1. The lowest BCUT2D eigenvalue weighted by Crippen LogP contribution is -2.07. The third-order valence-electron chi connectivity index (χ3n) is 1.50. The molecule has 0 N–H and O–H groups in total. The van der Waals surface area contributed by atoms with E-state index in [-0.39, 0.29) is 12.4 Å². The Kier molecular flexibility index (Phi) is 4.34. The summed E-state index contributed by atoms with van der Waals surface area (Å²) in [6.45, 7) is 0.124. The highest BCUT2D eigenvalue weighted by Gasteiger charge is 2.09. The Balaban J connectivity index is 2.99. The van der Waals surface area contributed by atoms with Crippen LogP contribution < -0.4 is 0 Å². The van der Waals surface area contributed by atoms with Gasteiger partial charge in [0.15, 0.2) is 5.78 Å². The summed E-state index contributed by atoms with van der Waals surface area (Å²) in [6.07, 6.45) is 0. The fraction of sp³-hybridized carbons (Fsp3) is 0.222. The van der Waals surface area contributed by atoms with Crippen LogP contribution in [0.4, 0.5) is 0 Å². The van der Waals surface area contributed by atoms with Gasteiger partial charge in [-0.15, -0.1) is 0 Å². The zero-order valence-corrected chi connectivity index (χ0v) is 10.8. The van der Waals surface area contributed by atoms with E-state index in [2.05, 4.69) is 38.5 Å². The van der Waals surface area contributed by atoms with Crippen molar-refractivity contribution in [3.05, 3.63) is 31.8 Å². The maximum Gasteiger partial charge on any atom is 0.189 e. The molecule has 0 aliphatic rings. The van der Waals surface area contributed by atoms with Gasteiger partial charge < -0.3 is 4.74 Å². The molecule has 0 aliphatic heterocycles. The summed E-state index contributed by atoms with van der Waals surface area (Å²) in [4.78, 5) is 11.5. The standard InChI is InChI=1S/C9H8BrIO2/c1-13-5-9(12)7-4-6(11)2-3-8(7)10/h2-4H,5H2,1H3. The largest absolute Gasteiger partial charge is 0.377 e. The lowest BCUT2D eigenvalue weighted by atomic mass is 10.1. The molecule has 4 heteroatoms. The molecule has 0 radical (unpaired) electrons. The summed E-state index contributed by atoms with van der Waals surface area (Å²) >= 11 is 5.49. The maximum absolute atomic E-state index is 11.5. The lowest BCUT2D eigenvalue weighted by Gasteiger charge is -2.02. The fourth-order valence-electron chi connectivity index (χ4n) is 0.920. The SMILES string of the molecule is COCC(=O)c1cc(I)ccc1Br. The molecular formula is C9H8BrIO2. The molecule has 0 spiro atoms. The Morgan fingerprint density at radius 2 is 2.31 bits per heavy atom. The minimum atomic E-state index is -0.00658. The molecule has 0 bridgehead atoms. The molecular weight excluding hydrogens is 347 g/mol.